The van der Waals surface area contributed by atoms with E-state index in [9.17, 15) is 12.8 Å². The first-order chi connectivity index (χ1) is 11.9. The lowest BCUT2D eigenvalue weighted by Crippen LogP contribution is -2.13. The number of sulfonamides is 1. The van der Waals surface area contributed by atoms with Gasteiger partial charge in [-0.15, -0.1) is 0 Å². The largest absolute Gasteiger partial charge is 0.340 e. The monoisotopic (exact) mass is 357 g/mol. The van der Waals surface area contributed by atoms with Gasteiger partial charge in [0, 0.05) is 5.69 Å². The minimum atomic E-state index is -3.78. The highest BCUT2D eigenvalue weighted by Crippen LogP contribution is 2.19. The highest BCUT2D eigenvalue weighted by atomic mass is 32.2. The molecule has 7 heteroatoms. The zero-order valence-corrected chi connectivity index (χ0v) is 14.2. The fourth-order valence-corrected chi connectivity index (χ4v) is 3.27. The summed E-state index contributed by atoms with van der Waals surface area (Å²) in [5, 5.41) is 3.14. The van der Waals surface area contributed by atoms with Crippen LogP contribution >= 0.6 is 0 Å². The number of halogens is 1. The van der Waals surface area contributed by atoms with Gasteiger partial charge in [-0.05, 0) is 61.0 Å². The van der Waals surface area contributed by atoms with Crippen LogP contribution < -0.4 is 10.0 Å². The Hall–Kier alpha value is -2.93. The van der Waals surface area contributed by atoms with Crippen molar-refractivity contribution in [3.63, 3.8) is 0 Å². The van der Waals surface area contributed by atoms with Gasteiger partial charge < -0.3 is 5.32 Å². The summed E-state index contributed by atoms with van der Waals surface area (Å²) in [7, 11) is -3.78. The van der Waals surface area contributed by atoms with Crippen LogP contribution in [0.3, 0.4) is 0 Å². The van der Waals surface area contributed by atoms with E-state index in [1.807, 2.05) is 31.2 Å². The predicted octanol–water partition coefficient (Wildman–Crippen LogP) is 4.07. The fraction of sp³-hybridized carbons (Fsp3) is 0.0556. The molecule has 5 nitrogen and oxygen atoms in total. The van der Waals surface area contributed by atoms with E-state index in [2.05, 4.69) is 15.0 Å². The van der Waals surface area contributed by atoms with Crippen LogP contribution in [0, 0.1) is 12.7 Å². The van der Waals surface area contributed by atoms with Crippen molar-refractivity contribution in [1.82, 2.24) is 4.98 Å². The smallest absolute Gasteiger partial charge is 0.261 e. The molecule has 2 N–H and O–H groups in total. The van der Waals surface area contributed by atoms with Gasteiger partial charge in [0.05, 0.1) is 16.8 Å². The Morgan fingerprint density at radius 3 is 2.36 bits per heavy atom. The van der Waals surface area contributed by atoms with E-state index in [1.54, 1.807) is 12.1 Å². The third-order valence-electron chi connectivity index (χ3n) is 3.43. The lowest BCUT2D eigenvalue weighted by molar-refractivity contribution is 0.599. The van der Waals surface area contributed by atoms with Gasteiger partial charge in [0.2, 0.25) is 0 Å². The molecule has 0 amide bonds. The van der Waals surface area contributed by atoms with Crippen molar-refractivity contribution in [3.8, 4) is 0 Å². The first kappa shape index (κ1) is 16.9. The van der Waals surface area contributed by atoms with Gasteiger partial charge in [-0.1, -0.05) is 12.1 Å². The minimum absolute atomic E-state index is 0.0177. The highest BCUT2D eigenvalue weighted by Gasteiger charge is 2.14. The van der Waals surface area contributed by atoms with E-state index in [0.717, 1.165) is 23.4 Å². The Labute approximate surface area is 145 Å². The van der Waals surface area contributed by atoms with Crippen LogP contribution in [0.4, 0.5) is 21.6 Å². The molecule has 0 saturated heterocycles. The molecule has 0 saturated carbocycles. The lowest BCUT2D eigenvalue weighted by atomic mass is 10.2. The molecule has 1 aromatic heterocycles. The maximum atomic E-state index is 12.9. The van der Waals surface area contributed by atoms with Crippen molar-refractivity contribution in [1.29, 1.82) is 0 Å². The molecule has 0 spiro atoms. The molecule has 0 fully saturated rings. The molecule has 25 heavy (non-hydrogen) atoms. The topological polar surface area (TPSA) is 71.1 Å². The molecular formula is C18H16FN3O2S. The predicted molar refractivity (Wildman–Crippen MR) is 95.9 cm³/mol. The van der Waals surface area contributed by atoms with Crippen LogP contribution in [0.5, 0.6) is 0 Å². The number of benzene rings is 2. The van der Waals surface area contributed by atoms with Gasteiger partial charge in [0.15, 0.2) is 0 Å². The van der Waals surface area contributed by atoms with Gasteiger partial charge in [0.1, 0.15) is 11.6 Å². The maximum absolute atomic E-state index is 12.9. The van der Waals surface area contributed by atoms with Crippen molar-refractivity contribution in [3.05, 3.63) is 78.2 Å². The summed E-state index contributed by atoms with van der Waals surface area (Å²) in [6.07, 6.45) is 1.42. The summed E-state index contributed by atoms with van der Waals surface area (Å²) in [5.74, 6) is 0.0996. The second-order valence-electron chi connectivity index (χ2n) is 5.49. The molecule has 0 unspecified atom stereocenters. The van der Waals surface area contributed by atoms with E-state index >= 15 is 0 Å². The summed E-state index contributed by atoms with van der Waals surface area (Å²) in [4.78, 5) is 4.18. The summed E-state index contributed by atoms with van der Waals surface area (Å²) in [5.41, 5.74) is 2.33. The van der Waals surface area contributed by atoms with E-state index in [-0.39, 0.29) is 4.90 Å². The average molecular weight is 357 g/mol. The second-order valence-corrected chi connectivity index (χ2v) is 7.17. The average Bonchev–Trinajstić information content (AvgIpc) is 2.57. The molecule has 3 aromatic rings. The molecular weight excluding hydrogens is 341 g/mol. The van der Waals surface area contributed by atoms with Gasteiger partial charge in [-0.2, -0.15) is 0 Å². The first-order valence-electron chi connectivity index (χ1n) is 7.50. The number of aromatic nitrogens is 1. The fourth-order valence-electron chi connectivity index (χ4n) is 2.23. The molecule has 0 aliphatic heterocycles. The third-order valence-corrected chi connectivity index (χ3v) is 4.83. The molecule has 2 aromatic carbocycles. The van der Waals surface area contributed by atoms with Crippen LogP contribution in [-0.4, -0.2) is 13.4 Å². The van der Waals surface area contributed by atoms with Crippen LogP contribution in [0.25, 0.3) is 0 Å². The highest BCUT2D eigenvalue weighted by molar-refractivity contribution is 7.92. The Bertz CT molecular complexity index is 972. The Balaban J connectivity index is 1.73. The number of rotatable bonds is 5. The van der Waals surface area contributed by atoms with Gasteiger partial charge in [-0.3, -0.25) is 4.72 Å². The SMILES string of the molecule is Cc1cccc(Nc2ccc(NS(=O)(=O)c3ccc(F)cc3)cn2)c1. The number of anilines is 3. The summed E-state index contributed by atoms with van der Waals surface area (Å²) >= 11 is 0. The molecule has 0 aliphatic rings. The summed E-state index contributed by atoms with van der Waals surface area (Å²) in [6.45, 7) is 1.99. The molecule has 0 atom stereocenters. The molecule has 0 radical (unpaired) electrons. The van der Waals surface area contributed by atoms with E-state index in [1.165, 1.54) is 18.3 Å². The van der Waals surface area contributed by atoms with Crippen molar-refractivity contribution >= 4 is 27.2 Å². The van der Waals surface area contributed by atoms with Crippen LogP contribution in [-0.2, 0) is 10.0 Å². The van der Waals surface area contributed by atoms with E-state index in [0.29, 0.717) is 11.5 Å². The lowest BCUT2D eigenvalue weighted by Gasteiger charge is -2.10. The number of hydrogen-bond donors (Lipinski definition) is 2. The normalized spacial score (nSPS) is 11.1. The van der Waals surface area contributed by atoms with Crippen LogP contribution in [0.2, 0.25) is 0 Å². The van der Waals surface area contributed by atoms with Crippen molar-refractivity contribution in [2.45, 2.75) is 11.8 Å². The zero-order chi connectivity index (χ0) is 17.9. The van der Waals surface area contributed by atoms with Crippen LogP contribution in [0.1, 0.15) is 5.56 Å². The van der Waals surface area contributed by atoms with E-state index < -0.39 is 15.8 Å². The summed E-state index contributed by atoms with van der Waals surface area (Å²) < 4.78 is 39.8. The Morgan fingerprint density at radius 1 is 0.960 bits per heavy atom. The van der Waals surface area contributed by atoms with E-state index in [4.69, 9.17) is 0 Å². The standard InChI is InChI=1S/C18H16FN3O2S/c1-13-3-2-4-15(11-13)21-18-10-7-16(12-20-18)22-25(23,24)17-8-5-14(19)6-9-17/h2-12,22H,1H3,(H,20,21). The Morgan fingerprint density at radius 2 is 1.72 bits per heavy atom. The molecule has 3 rings (SSSR count). The molecule has 0 aliphatic carbocycles. The molecule has 0 bridgehead atoms. The third kappa shape index (κ3) is 4.33. The van der Waals surface area contributed by atoms with Crippen molar-refractivity contribution in [2.75, 3.05) is 10.0 Å². The Kier molecular flexibility index (Phi) is 4.67. The van der Waals surface area contributed by atoms with Crippen molar-refractivity contribution < 1.29 is 12.8 Å². The number of pyridine rings is 1. The van der Waals surface area contributed by atoms with Crippen LogP contribution in [0.15, 0.2) is 71.8 Å². The van der Waals surface area contributed by atoms with Crippen molar-refractivity contribution in [2.24, 2.45) is 0 Å². The number of nitrogens with zero attached hydrogens (tertiary/aromatic N) is 1. The number of nitrogens with one attached hydrogen (secondary N) is 2. The summed E-state index contributed by atoms with van der Waals surface area (Å²) in [6, 6.07) is 15.7. The zero-order valence-electron chi connectivity index (χ0n) is 13.4. The first-order valence-corrected chi connectivity index (χ1v) is 8.99. The molecule has 128 valence electrons. The second kappa shape index (κ2) is 6.90. The molecule has 1 heterocycles. The number of hydrogen-bond acceptors (Lipinski definition) is 4. The van der Waals surface area contributed by atoms with Gasteiger partial charge in [-0.25, -0.2) is 17.8 Å². The quantitative estimate of drug-likeness (QED) is 0.722. The minimum Gasteiger partial charge on any atom is -0.340 e. The van der Waals surface area contributed by atoms with Gasteiger partial charge in [0.25, 0.3) is 10.0 Å². The number of aryl methyl sites for hydroxylation is 1. The maximum Gasteiger partial charge on any atom is 0.261 e. The van der Waals surface area contributed by atoms with Gasteiger partial charge >= 0.3 is 0 Å².